The molecule has 2 N–H and O–H groups in total. The molecule has 1 aliphatic heterocycles. The number of carbonyl (C=O) groups excluding carboxylic acids is 1. The third kappa shape index (κ3) is 6.20. The largest absolute Gasteiger partial charge is 0.489 e. The number of ether oxygens (including phenoxy) is 1. The molecule has 9 nitrogen and oxygen atoms in total. The van der Waals surface area contributed by atoms with E-state index in [-0.39, 0.29) is 32.7 Å². The average Bonchev–Trinajstić information content (AvgIpc) is 2.87. The summed E-state index contributed by atoms with van der Waals surface area (Å²) in [5.74, 6) is -0.844. The van der Waals surface area contributed by atoms with E-state index < -0.39 is 27.9 Å². The van der Waals surface area contributed by atoms with Gasteiger partial charge in [-0.1, -0.05) is 42.5 Å². The van der Waals surface area contributed by atoms with Crippen LogP contribution in [0.2, 0.25) is 0 Å². The predicted molar refractivity (Wildman–Crippen MR) is 136 cm³/mol. The number of hydrogen-bond donors (Lipinski definition) is 2. The molecule has 0 bridgehead atoms. The molecular formula is C26H29N3O6S. The van der Waals surface area contributed by atoms with E-state index in [2.05, 4.69) is 23.5 Å². The first kappa shape index (κ1) is 25.6. The maximum Gasteiger partial charge on any atom is 0.322 e. The second-order valence-electron chi connectivity index (χ2n) is 8.71. The second-order valence-corrected chi connectivity index (χ2v) is 10.7. The van der Waals surface area contributed by atoms with Gasteiger partial charge in [0, 0.05) is 38.3 Å². The molecule has 1 amide bonds. The van der Waals surface area contributed by atoms with Crippen LogP contribution in [0.3, 0.4) is 0 Å². The van der Waals surface area contributed by atoms with Gasteiger partial charge in [0.1, 0.15) is 18.4 Å². The molecule has 10 heteroatoms. The van der Waals surface area contributed by atoms with Crippen LogP contribution in [0.4, 0.5) is 0 Å². The summed E-state index contributed by atoms with van der Waals surface area (Å²) in [6.07, 6.45) is 1.14. The van der Waals surface area contributed by atoms with Crippen LogP contribution in [0.15, 0.2) is 66.7 Å². The monoisotopic (exact) mass is 511 g/mol. The third-order valence-electron chi connectivity index (χ3n) is 6.31. The minimum absolute atomic E-state index is 0.0909. The van der Waals surface area contributed by atoms with Gasteiger partial charge in [0.2, 0.25) is 10.0 Å². The van der Waals surface area contributed by atoms with Crippen molar-refractivity contribution in [1.82, 2.24) is 14.5 Å². The third-order valence-corrected chi connectivity index (χ3v) is 7.62. The van der Waals surface area contributed by atoms with Gasteiger partial charge < -0.3 is 15.2 Å². The quantitative estimate of drug-likeness (QED) is 0.452. The Morgan fingerprint density at radius 2 is 1.64 bits per heavy atom. The summed E-state index contributed by atoms with van der Waals surface area (Å²) in [6.45, 7) is 1.30. The van der Waals surface area contributed by atoms with Gasteiger partial charge in [0.05, 0.1) is 6.26 Å². The van der Waals surface area contributed by atoms with Crippen LogP contribution in [0, 0.1) is 0 Å². The van der Waals surface area contributed by atoms with Gasteiger partial charge in [0.15, 0.2) is 0 Å². The summed E-state index contributed by atoms with van der Waals surface area (Å²) >= 11 is 0. The van der Waals surface area contributed by atoms with Gasteiger partial charge in [-0.05, 0) is 40.6 Å². The Morgan fingerprint density at radius 1 is 0.972 bits per heavy atom. The Labute approximate surface area is 210 Å². The zero-order valence-corrected chi connectivity index (χ0v) is 20.8. The van der Waals surface area contributed by atoms with E-state index in [0.29, 0.717) is 17.9 Å². The molecule has 1 saturated heterocycles. The SMILES string of the molecule is CS(=O)(=O)N1CCN([C@@H](CNC(=O)c2ccc(OCc3cccc4ccccc34)cc2)C(=O)O)CC1. The van der Waals surface area contributed by atoms with E-state index in [1.54, 1.807) is 29.2 Å². The Hall–Kier alpha value is -3.47. The molecule has 0 spiro atoms. The topological polar surface area (TPSA) is 116 Å². The highest BCUT2D eigenvalue weighted by atomic mass is 32.2. The number of sulfonamides is 1. The van der Waals surface area contributed by atoms with Gasteiger partial charge in [-0.2, -0.15) is 4.31 Å². The molecule has 36 heavy (non-hydrogen) atoms. The average molecular weight is 512 g/mol. The molecule has 0 unspecified atom stereocenters. The number of carboxylic acids is 1. The van der Waals surface area contributed by atoms with E-state index in [9.17, 15) is 23.1 Å². The zero-order valence-electron chi connectivity index (χ0n) is 20.0. The molecule has 1 heterocycles. The smallest absolute Gasteiger partial charge is 0.322 e. The lowest BCUT2D eigenvalue weighted by Gasteiger charge is -2.36. The number of hydrogen-bond acceptors (Lipinski definition) is 6. The van der Waals surface area contributed by atoms with Crippen molar-refractivity contribution in [2.75, 3.05) is 39.0 Å². The van der Waals surface area contributed by atoms with Crippen molar-refractivity contribution in [1.29, 1.82) is 0 Å². The van der Waals surface area contributed by atoms with Crippen molar-refractivity contribution in [3.05, 3.63) is 77.9 Å². The first-order valence-corrected chi connectivity index (χ1v) is 13.5. The number of benzene rings is 3. The van der Waals surface area contributed by atoms with Gasteiger partial charge in [-0.25, -0.2) is 8.42 Å². The van der Waals surface area contributed by atoms with E-state index in [1.807, 2.05) is 24.3 Å². The summed E-state index contributed by atoms with van der Waals surface area (Å²) in [5, 5.41) is 14.6. The van der Waals surface area contributed by atoms with Crippen LogP contribution >= 0.6 is 0 Å². The first-order chi connectivity index (χ1) is 17.2. The van der Waals surface area contributed by atoms with E-state index in [4.69, 9.17) is 4.74 Å². The lowest BCUT2D eigenvalue weighted by atomic mass is 10.1. The van der Waals surface area contributed by atoms with Crippen LogP contribution in [-0.4, -0.2) is 79.6 Å². The van der Waals surface area contributed by atoms with Crippen molar-refractivity contribution >= 4 is 32.7 Å². The maximum absolute atomic E-state index is 12.6. The van der Waals surface area contributed by atoms with E-state index in [1.165, 1.54) is 4.31 Å². The number of nitrogens with one attached hydrogen (secondary N) is 1. The molecule has 0 radical (unpaired) electrons. The molecule has 190 valence electrons. The van der Waals surface area contributed by atoms with Gasteiger partial charge >= 0.3 is 5.97 Å². The summed E-state index contributed by atoms with van der Waals surface area (Å²) < 4.78 is 30.6. The molecular weight excluding hydrogens is 482 g/mol. The number of amides is 1. The summed E-state index contributed by atoms with van der Waals surface area (Å²) in [5.41, 5.74) is 1.45. The highest BCUT2D eigenvalue weighted by molar-refractivity contribution is 7.88. The molecule has 0 aliphatic carbocycles. The first-order valence-electron chi connectivity index (χ1n) is 11.6. The molecule has 4 rings (SSSR count). The van der Waals surface area contributed by atoms with Crippen molar-refractivity contribution in [2.45, 2.75) is 12.6 Å². The lowest BCUT2D eigenvalue weighted by molar-refractivity contribution is -0.143. The Bertz CT molecular complexity index is 1330. The number of carbonyl (C=O) groups is 2. The van der Waals surface area contributed by atoms with Crippen LogP contribution < -0.4 is 10.1 Å². The summed E-state index contributed by atoms with van der Waals surface area (Å²) in [4.78, 5) is 26.1. The molecule has 1 aliphatic rings. The van der Waals surface area contributed by atoms with Gasteiger partial charge in [-0.15, -0.1) is 0 Å². The summed E-state index contributed by atoms with van der Waals surface area (Å²) in [6, 6.07) is 19.9. The van der Waals surface area contributed by atoms with Crippen LogP contribution in [0.25, 0.3) is 10.8 Å². The Kier molecular flexibility index (Phi) is 7.88. The normalized spacial score (nSPS) is 15.9. The number of carboxylic acid groups (broad SMARTS) is 1. The Balaban J connectivity index is 1.31. The fraction of sp³-hybridized carbons (Fsp3) is 0.308. The van der Waals surface area contributed by atoms with E-state index in [0.717, 1.165) is 22.6 Å². The van der Waals surface area contributed by atoms with E-state index >= 15 is 0 Å². The maximum atomic E-state index is 12.6. The molecule has 3 aromatic carbocycles. The minimum atomic E-state index is -3.31. The standard InChI is InChI=1S/C26H29N3O6S/c1-36(33,34)29-15-13-28(14-16-29)24(26(31)32)17-27-25(30)20-9-11-22(12-10-20)35-18-21-7-4-6-19-5-2-3-8-23(19)21/h2-12,24H,13-18H2,1H3,(H,27,30)(H,31,32)/t24-/m0/s1. The fourth-order valence-corrected chi connectivity index (χ4v) is 5.12. The lowest BCUT2D eigenvalue weighted by Crippen LogP contribution is -2.56. The molecule has 0 saturated carbocycles. The molecule has 0 aromatic heterocycles. The number of nitrogens with zero attached hydrogens (tertiary/aromatic N) is 2. The number of piperazine rings is 1. The van der Waals surface area contributed by atoms with Crippen molar-refractivity contribution in [2.24, 2.45) is 0 Å². The Morgan fingerprint density at radius 3 is 2.31 bits per heavy atom. The molecule has 1 atom stereocenters. The second kappa shape index (κ2) is 11.1. The van der Waals surface area contributed by atoms with Gasteiger partial charge in [0.25, 0.3) is 5.91 Å². The van der Waals surface area contributed by atoms with Crippen molar-refractivity contribution < 1.29 is 27.9 Å². The minimum Gasteiger partial charge on any atom is -0.489 e. The zero-order chi connectivity index (χ0) is 25.7. The van der Waals surface area contributed by atoms with Crippen LogP contribution in [-0.2, 0) is 21.4 Å². The molecule has 3 aromatic rings. The van der Waals surface area contributed by atoms with Crippen molar-refractivity contribution in [3.8, 4) is 5.75 Å². The highest BCUT2D eigenvalue weighted by Gasteiger charge is 2.31. The number of rotatable bonds is 9. The highest BCUT2D eigenvalue weighted by Crippen LogP contribution is 2.21. The number of aliphatic carboxylic acids is 1. The van der Waals surface area contributed by atoms with Gasteiger partial charge in [-0.3, -0.25) is 14.5 Å². The fourth-order valence-electron chi connectivity index (χ4n) is 4.29. The number of fused-ring (bicyclic) bond motifs is 1. The predicted octanol–water partition coefficient (Wildman–Crippen LogP) is 2.18. The van der Waals surface area contributed by atoms with Crippen LogP contribution in [0.5, 0.6) is 5.75 Å². The van der Waals surface area contributed by atoms with Crippen molar-refractivity contribution in [3.63, 3.8) is 0 Å². The summed E-state index contributed by atoms with van der Waals surface area (Å²) in [7, 11) is -3.31. The molecule has 1 fully saturated rings. The van der Waals surface area contributed by atoms with Crippen LogP contribution in [0.1, 0.15) is 15.9 Å².